The summed E-state index contributed by atoms with van der Waals surface area (Å²) in [7, 11) is 1.37. The first-order chi connectivity index (χ1) is 12.0. The summed E-state index contributed by atoms with van der Waals surface area (Å²) >= 11 is 5.33. The second-order valence-corrected chi connectivity index (χ2v) is 7.42. The van der Waals surface area contributed by atoms with Gasteiger partial charge in [-0.2, -0.15) is 0 Å². The Morgan fingerprint density at radius 3 is 2.72 bits per heavy atom. The number of methoxy groups -OCH3 is 1. The van der Waals surface area contributed by atoms with Gasteiger partial charge in [0.05, 0.1) is 12.7 Å². The normalized spacial score (nSPS) is 20.8. The lowest BCUT2D eigenvalue weighted by Gasteiger charge is -2.35. The monoisotopic (exact) mass is 363 g/mol. The van der Waals surface area contributed by atoms with E-state index in [1.165, 1.54) is 26.6 Å². The Labute approximate surface area is 156 Å². The van der Waals surface area contributed by atoms with Crippen LogP contribution in [0.25, 0.3) is 0 Å². The lowest BCUT2D eigenvalue weighted by molar-refractivity contribution is 0.0601. The number of likely N-dealkylation sites (tertiary alicyclic amines) is 1. The van der Waals surface area contributed by atoms with E-state index in [2.05, 4.69) is 29.4 Å². The van der Waals surface area contributed by atoms with Crippen LogP contribution >= 0.6 is 12.2 Å². The first-order valence-electron chi connectivity index (χ1n) is 8.93. The van der Waals surface area contributed by atoms with Gasteiger partial charge >= 0.3 is 5.97 Å². The van der Waals surface area contributed by atoms with E-state index in [9.17, 15) is 4.79 Å². The van der Waals surface area contributed by atoms with Crippen LogP contribution in [0.4, 0.5) is 5.69 Å². The van der Waals surface area contributed by atoms with E-state index in [-0.39, 0.29) is 5.97 Å². The highest BCUT2D eigenvalue weighted by atomic mass is 32.1. The highest BCUT2D eigenvalue weighted by Gasteiger charge is 2.20. The number of benzene rings is 1. The zero-order valence-corrected chi connectivity index (χ0v) is 16.2. The van der Waals surface area contributed by atoms with Crippen molar-refractivity contribution < 1.29 is 9.53 Å². The zero-order valence-electron chi connectivity index (χ0n) is 15.4. The van der Waals surface area contributed by atoms with Crippen molar-refractivity contribution in [2.24, 2.45) is 11.8 Å². The first-order valence-corrected chi connectivity index (χ1v) is 9.34. The van der Waals surface area contributed by atoms with Crippen molar-refractivity contribution >= 4 is 29.0 Å². The predicted molar refractivity (Wildman–Crippen MR) is 106 cm³/mol. The molecular weight excluding hydrogens is 334 g/mol. The Kier molecular flexibility index (Phi) is 7.65. The molecular formula is C19H29N3O2S. The number of rotatable bonds is 6. The van der Waals surface area contributed by atoms with E-state index in [4.69, 9.17) is 17.0 Å². The minimum atomic E-state index is -0.354. The SMILES string of the molecule is COC(=O)c1cccc(NC(=S)NCCCN2C[C@H](C)C[C@H](C)C2)c1. The number of esters is 1. The number of thiocarbonyl (C=S) groups is 1. The number of hydrogen-bond acceptors (Lipinski definition) is 4. The molecule has 1 aliphatic heterocycles. The van der Waals surface area contributed by atoms with Crippen LogP contribution in [0.3, 0.4) is 0 Å². The molecule has 1 heterocycles. The van der Waals surface area contributed by atoms with Crippen LogP contribution in [0.5, 0.6) is 0 Å². The van der Waals surface area contributed by atoms with Crippen LogP contribution in [0.2, 0.25) is 0 Å². The summed E-state index contributed by atoms with van der Waals surface area (Å²) < 4.78 is 4.73. The van der Waals surface area contributed by atoms with Gasteiger partial charge in [-0.15, -0.1) is 0 Å². The third-order valence-electron chi connectivity index (χ3n) is 4.42. The van der Waals surface area contributed by atoms with Crippen molar-refractivity contribution in [2.45, 2.75) is 26.7 Å². The quantitative estimate of drug-likeness (QED) is 0.460. The third kappa shape index (κ3) is 6.63. The smallest absolute Gasteiger partial charge is 0.337 e. The molecule has 5 nitrogen and oxygen atoms in total. The van der Waals surface area contributed by atoms with Gasteiger partial charge in [0.2, 0.25) is 0 Å². The van der Waals surface area contributed by atoms with Crippen molar-refractivity contribution in [1.29, 1.82) is 0 Å². The molecule has 2 N–H and O–H groups in total. The van der Waals surface area contributed by atoms with Crippen LogP contribution in [-0.2, 0) is 4.74 Å². The zero-order chi connectivity index (χ0) is 18.2. The number of nitrogens with one attached hydrogen (secondary N) is 2. The molecule has 1 aliphatic rings. The number of carbonyl (C=O) groups excluding carboxylic acids is 1. The van der Waals surface area contributed by atoms with E-state index >= 15 is 0 Å². The number of ether oxygens (including phenoxy) is 1. The van der Waals surface area contributed by atoms with Crippen LogP contribution in [0, 0.1) is 11.8 Å². The lowest BCUT2D eigenvalue weighted by Crippen LogP contribution is -2.40. The average Bonchev–Trinajstić information content (AvgIpc) is 2.57. The van der Waals surface area contributed by atoms with Crippen LogP contribution < -0.4 is 10.6 Å². The second kappa shape index (κ2) is 9.73. The molecule has 0 spiro atoms. The van der Waals surface area contributed by atoms with E-state index in [0.717, 1.165) is 37.0 Å². The Bertz CT molecular complexity index is 584. The van der Waals surface area contributed by atoms with Crippen molar-refractivity contribution in [3.63, 3.8) is 0 Å². The maximum Gasteiger partial charge on any atom is 0.337 e. The van der Waals surface area contributed by atoms with Gasteiger partial charge in [-0.05, 0) is 61.6 Å². The van der Waals surface area contributed by atoms with E-state index in [1.54, 1.807) is 18.2 Å². The van der Waals surface area contributed by atoms with Crippen molar-refractivity contribution in [2.75, 3.05) is 38.6 Å². The number of nitrogens with zero attached hydrogens (tertiary/aromatic N) is 1. The van der Waals surface area contributed by atoms with Gasteiger partial charge in [0.15, 0.2) is 5.11 Å². The summed E-state index contributed by atoms with van der Waals surface area (Å²) in [6.07, 6.45) is 2.40. The second-order valence-electron chi connectivity index (χ2n) is 7.01. The minimum absolute atomic E-state index is 0.354. The predicted octanol–water partition coefficient (Wildman–Crippen LogP) is 3.13. The highest BCUT2D eigenvalue weighted by molar-refractivity contribution is 7.80. The summed E-state index contributed by atoms with van der Waals surface area (Å²) in [6.45, 7) is 9.01. The minimum Gasteiger partial charge on any atom is -0.465 e. The fourth-order valence-corrected chi connectivity index (χ4v) is 3.72. The molecule has 25 heavy (non-hydrogen) atoms. The van der Waals surface area contributed by atoms with Gasteiger partial charge in [-0.25, -0.2) is 4.79 Å². The Hall–Kier alpha value is -1.66. The summed E-state index contributed by atoms with van der Waals surface area (Å²) in [5, 5.41) is 6.92. The molecule has 1 aromatic rings. The van der Waals surface area contributed by atoms with Gasteiger partial charge in [-0.1, -0.05) is 19.9 Å². The molecule has 138 valence electrons. The number of piperidine rings is 1. The molecule has 0 bridgehead atoms. The fourth-order valence-electron chi connectivity index (χ4n) is 3.50. The van der Waals surface area contributed by atoms with Crippen LogP contribution in [0.1, 0.15) is 37.0 Å². The lowest BCUT2D eigenvalue weighted by atomic mass is 9.92. The molecule has 0 amide bonds. The molecule has 0 aromatic heterocycles. The average molecular weight is 364 g/mol. The van der Waals surface area contributed by atoms with Crippen molar-refractivity contribution in [3.05, 3.63) is 29.8 Å². The Morgan fingerprint density at radius 1 is 1.32 bits per heavy atom. The molecule has 1 saturated heterocycles. The third-order valence-corrected chi connectivity index (χ3v) is 4.67. The summed E-state index contributed by atoms with van der Waals surface area (Å²) in [5.74, 6) is 1.23. The van der Waals surface area contributed by atoms with Gasteiger partial charge in [0.1, 0.15) is 0 Å². The number of carbonyl (C=O) groups is 1. The van der Waals surface area contributed by atoms with Crippen LogP contribution in [0.15, 0.2) is 24.3 Å². The molecule has 0 aliphatic carbocycles. The summed E-state index contributed by atoms with van der Waals surface area (Å²) in [4.78, 5) is 14.1. The molecule has 1 aromatic carbocycles. The highest BCUT2D eigenvalue weighted by Crippen LogP contribution is 2.20. The maximum absolute atomic E-state index is 11.6. The van der Waals surface area contributed by atoms with Gasteiger partial charge in [-0.3, -0.25) is 0 Å². The molecule has 0 unspecified atom stereocenters. The molecule has 2 rings (SSSR count). The summed E-state index contributed by atoms with van der Waals surface area (Å²) in [6, 6.07) is 7.12. The molecule has 6 heteroatoms. The van der Waals surface area contributed by atoms with E-state index in [1.807, 2.05) is 6.07 Å². The van der Waals surface area contributed by atoms with E-state index in [0.29, 0.717) is 10.7 Å². The van der Waals surface area contributed by atoms with Gasteiger partial charge in [0, 0.05) is 25.3 Å². The number of hydrogen-bond donors (Lipinski definition) is 2. The number of anilines is 1. The molecule has 0 radical (unpaired) electrons. The van der Waals surface area contributed by atoms with Crippen molar-refractivity contribution in [1.82, 2.24) is 10.2 Å². The van der Waals surface area contributed by atoms with Crippen molar-refractivity contribution in [3.8, 4) is 0 Å². The largest absolute Gasteiger partial charge is 0.465 e. The molecule has 1 fully saturated rings. The van der Waals surface area contributed by atoms with Crippen LogP contribution in [-0.4, -0.2) is 49.3 Å². The van der Waals surface area contributed by atoms with Gasteiger partial charge < -0.3 is 20.3 Å². The first kappa shape index (κ1) is 19.7. The van der Waals surface area contributed by atoms with E-state index < -0.39 is 0 Å². The Morgan fingerprint density at radius 2 is 2.04 bits per heavy atom. The standard InChI is InChI=1S/C19H29N3O2S/c1-14-10-15(2)13-22(12-14)9-5-8-20-19(25)21-17-7-4-6-16(11-17)18(23)24-3/h4,6-7,11,14-15H,5,8-10,12-13H2,1-3H3,(H2,20,21,25)/t14-,15+. The topological polar surface area (TPSA) is 53.6 Å². The maximum atomic E-state index is 11.6. The molecule has 0 saturated carbocycles. The summed E-state index contributed by atoms with van der Waals surface area (Å²) in [5.41, 5.74) is 1.28. The van der Waals surface area contributed by atoms with Gasteiger partial charge in [0.25, 0.3) is 0 Å². The fraction of sp³-hybridized carbons (Fsp3) is 0.579. The molecule has 2 atom stereocenters. The Balaban J connectivity index is 1.70.